The molecule has 1 aromatic heterocycles. The minimum absolute atomic E-state index is 0.382. The van der Waals surface area contributed by atoms with Gasteiger partial charge in [0.15, 0.2) is 0 Å². The van der Waals surface area contributed by atoms with E-state index >= 15 is 0 Å². The summed E-state index contributed by atoms with van der Waals surface area (Å²) in [4.78, 5) is 15.8. The molecule has 0 saturated heterocycles. The number of hydrogen-bond donors (Lipinski definition) is 3. The molecule has 0 aliphatic rings. The summed E-state index contributed by atoms with van der Waals surface area (Å²) in [5, 5.41) is 11.8. The molecule has 3 N–H and O–H groups in total. The number of hydrogen-bond acceptors (Lipinski definition) is 4. The SMILES string of the molecule is Cn1c(Nc2ccc(C(=O)NO)cc2)nc2ccccc21. The molecule has 0 saturated carbocycles. The molecule has 6 nitrogen and oxygen atoms in total. The zero-order valence-electron chi connectivity index (χ0n) is 11.4. The normalized spacial score (nSPS) is 10.6. The van der Waals surface area contributed by atoms with Crippen molar-refractivity contribution in [3.63, 3.8) is 0 Å². The first-order valence-electron chi connectivity index (χ1n) is 6.42. The van der Waals surface area contributed by atoms with Crippen LogP contribution < -0.4 is 10.8 Å². The van der Waals surface area contributed by atoms with Gasteiger partial charge in [-0.1, -0.05) is 12.1 Å². The molecule has 3 aromatic rings. The van der Waals surface area contributed by atoms with Gasteiger partial charge in [-0.3, -0.25) is 10.0 Å². The van der Waals surface area contributed by atoms with Gasteiger partial charge in [0.25, 0.3) is 5.91 Å². The fourth-order valence-electron chi connectivity index (χ4n) is 2.16. The lowest BCUT2D eigenvalue weighted by Crippen LogP contribution is -2.18. The zero-order chi connectivity index (χ0) is 14.8. The van der Waals surface area contributed by atoms with Crippen LogP contribution in [0.1, 0.15) is 10.4 Å². The number of aryl methyl sites for hydroxylation is 1. The average Bonchev–Trinajstić information content (AvgIpc) is 2.84. The number of benzene rings is 2. The van der Waals surface area contributed by atoms with E-state index in [1.165, 1.54) is 0 Å². The quantitative estimate of drug-likeness (QED) is 0.509. The van der Waals surface area contributed by atoms with E-state index in [1.54, 1.807) is 29.7 Å². The maximum atomic E-state index is 11.3. The van der Waals surface area contributed by atoms with Gasteiger partial charge in [0.1, 0.15) is 0 Å². The standard InChI is InChI=1S/C15H14N4O2/c1-19-13-5-3-2-4-12(13)17-15(19)16-11-8-6-10(7-9-11)14(20)18-21/h2-9,21H,1H3,(H,16,17)(H,18,20). The van der Waals surface area contributed by atoms with Gasteiger partial charge in [0.05, 0.1) is 11.0 Å². The van der Waals surface area contributed by atoms with Gasteiger partial charge in [0.2, 0.25) is 5.95 Å². The Balaban J connectivity index is 1.88. The Bertz CT molecular complexity index is 793. The lowest BCUT2D eigenvalue weighted by molar-refractivity contribution is 0.0706. The Kier molecular flexibility index (Phi) is 3.29. The van der Waals surface area contributed by atoms with Crippen LogP contribution >= 0.6 is 0 Å². The lowest BCUT2D eigenvalue weighted by atomic mass is 10.2. The van der Waals surface area contributed by atoms with E-state index in [1.807, 2.05) is 35.9 Å². The number of nitrogens with zero attached hydrogens (tertiary/aromatic N) is 2. The number of aromatic nitrogens is 2. The van der Waals surface area contributed by atoms with Crippen molar-refractivity contribution in [3.05, 3.63) is 54.1 Å². The van der Waals surface area contributed by atoms with E-state index in [-0.39, 0.29) is 0 Å². The second kappa shape index (κ2) is 5.26. The Labute approximate surface area is 121 Å². The van der Waals surface area contributed by atoms with Crippen LogP contribution in [0.25, 0.3) is 11.0 Å². The molecule has 0 radical (unpaired) electrons. The number of para-hydroxylation sites is 2. The molecule has 0 fully saturated rings. The van der Waals surface area contributed by atoms with Gasteiger partial charge >= 0.3 is 0 Å². The molecule has 3 rings (SSSR count). The highest BCUT2D eigenvalue weighted by molar-refractivity contribution is 5.93. The Morgan fingerprint density at radius 2 is 1.86 bits per heavy atom. The van der Waals surface area contributed by atoms with E-state index < -0.39 is 5.91 Å². The highest BCUT2D eigenvalue weighted by atomic mass is 16.5. The smallest absolute Gasteiger partial charge is 0.274 e. The summed E-state index contributed by atoms with van der Waals surface area (Å²) in [5.41, 5.74) is 4.75. The van der Waals surface area contributed by atoms with Gasteiger partial charge < -0.3 is 9.88 Å². The van der Waals surface area contributed by atoms with E-state index in [9.17, 15) is 4.79 Å². The highest BCUT2D eigenvalue weighted by Gasteiger charge is 2.08. The number of amides is 1. The molecule has 0 aliphatic carbocycles. The number of hydroxylamine groups is 1. The molecule has 0 aliphatic heterocycles. The third kappa shape index (κ3) is 2.44. The largest absolute Gasteiger partial charge is 0.326 e. The van der Waals surface area contributed by atoms with Crippen LogP contribution in [0.15, 0.2) is 48.5 Å². The van der Waals surface area contributed by atoms with Crippen molar-refractivity contribution in [2.75, 3.05) is 5.32 Å². The first kappa shape index (κ1) is 13.1. The second-order valence-electron chi connectivity index (χ2n) is 4.63. The Morgan fingerprint density at radius 1 is 1.14 bits per heavy atom. The maximum Gasteiger partial charge on any atom is 0.274 e. The summed E-state index contributed by atoms with van der Waals surface area (Å²) in [5.74, 6) is 0.180. The molecule has 0 atom stereocenters. The third-order valence-corrected chi connectivity index (χ3v) is 3.29. The summed E-state index contributed by atoms with van der Waals surface area (Å²) >= 11 is 0. The van der Waals surface area contributed by atoms with Gasteiger partial charge in [-0.15, -0.1) is 0 Å². The van der Waals surface area contributed by atoms with Crippen LogP contribution in [-0.2, 0) is 7.05 Å². The van der Waals surface area contributed by atoms with Crippen molar-refractivity contribution in [3.8, 4) is 0 Å². The van der Waals surface area contributed by atoms with Crippen LogP contribution in [0.2, 0.25) is 0 Å². The molecule has 0 bridgehead atoms. The number of rotatable bonds is 3. The number of fused-ring (bicyclic) bond motifs is 1. The minimum atomic E-state index is -0.538. The zero-order valence-corrected chi connectivity index (χ0v) is 11.4. The Morgan fingerprint density at radius 3 is 2.52 bits per heavy atom. The molecule has 2 aromatic carbocycles. The summed E-state index contributed by atoms with van der Waals surface area (Å²) in [6.07, 6.45) is 0. The van der Waals surface area contributed by atoms with Gasteiger partial charge in [-0.05, 0) is 36.4 Å². The second-order valence-corrected chi connectivity index (χ2v) is 4.63. The van der Waals surface area contributed by atoms with Crippen molar-refractivity contribution in [2.24, 2.45) is 7.05 Å². The van der Waals surface area contributed by atoms with Crippen molar-refractivity contribution in [2.45, 2.75) is 0 Å². The monoisotopic (exact) mass is 282 g/mol. The first-order valence-corrected chi connectivity index (χ1v) is 6.42. The number of imidazole rings is 1. The van der Waals surface area contributed by atoms with Gasteiger partial charge in [-0.2, -0.15) is 0 Å². The molecule has 106 valence electrons. The number of anilines is 2. The average molecular weight is 282 g/mol. The summed E-state index contributed by atoms with van der Waals surface area (Å²) in [6, 6.07) is 14.6. The third-order valence-electron chi connectivity index (χ3n) is 3.29. The van der Waals surface area contributed by atoms with Crippen molar-refractivity contribution < 1.29 is 10.0 Å². The first-order chi connectivity index (χ1) is 10.2. The maximum absolute atomic E-state index is 11.3. The molecular weight excluding hydrogens is 268 g/mol. The van der Waals surface area contributed by atoms with E-state index in [0.29, 0.717) is 5.56 Å². The van der Waals surface area contributed by atoms with Crippen molar-refractivity contribution >= 4 is 28.6 Å². The molecule has 1 heterocycles. The summed E-state index contributed by atoms with van der Waals surface area (Å²) < 4.78 is 1.96. The number of carbonyl (C=O) groups excluding carboxylic acids is 1. The van der Waals surface area contributed by atoms with Crippen LogP contribution in [0.4, 0.5) is 11.6 Å². The summed E-state index contributed by atoms with van der Waals surface area (Å²) in [7, 11) is 1.94. The molecular formula is C15H14N4O2. The van der Waals surface area contributed by atoms with Crippen molar-refractivity contribution in [1.82, 2.24) is 15.0 Å². The number of carbonyl (C=O) groups is 1. The summed E-state index contributed by atoms with van der Waals surface area (Å²) in [6.45, 7) is 0. The predicted octanol–water partition coefficient (Wildman–Crippen LogP) is 2.44. The fraction of sp³-hybridized carbons (Fsp3) is 0.0667. The molecule has 21 heavy (non-hydrogen) atoms. The van der Waals surface area contributed by atoms with Crippen LogP contribution in [0.5, 0.6) is 0 Å². The highest BCUT2D eigenvalue weighted by Crippen LogP contribution is 2.21. The minimum Gasteiger partial charge on any atom is -0.326 e. The van der Waals surface area contributed by atoms with Crippen LogP contribution in [0, 0.1) is 0 Å². The van der Waals surface area contributed by atoms with Crippen LogP contribution in [0.3, 0.4) is 0 Å². The van der Waals surface area contributed by atoms with E-state index in [4.69, 9.17) is 5.21 Å². The molecule has 0 unspecified atom stereocenters. The van der Waals surface area contributed by atoms with E-state index in [0.717, 1.165) is 22.7 Å². The Hall–Kier alpha value is -2.86. The number of nitrogens with one attached hydrogen (secondary N) is 2. The fourth-order valence-corrected chi connectivity index (χ4v) is 2.16. The molecule has 1 amide bonds. The molecule has 6 heteroatoms. The molecule has 0 spiro atoms. The topological polar surface area (TPSA) is 79.2 Å². The van der Waals surface area contributed by atoms with E-state index in [2.05, 4.69) is 10.3 Å². The van der Waals surface area contributed by atoms with Gasteiger partial charge in [-0.25, -0.2) is 10.5 Å². The lowest BCUT2D eigenvalue weighted by Gasteiger charge is -2.07. The van der Waals surface area contributed by atoms with Gasteiger partial charge in [0, 0.05) is 18.3 Å². The van der Waals surface area contributed by atoms with Crippen LogP contribution in [-0.4, -0.2) is 20.7 Å². The predicted molar refractivity (Wildman–Crippen MR) is 79.7 cm³/mol. The van der Waals surface area contributed by atoms with Crippen molar-refractivity contribution in [1.29, 1.82) is 0 Å².